The highest BCUT2D eigenvalue weighted by Crippen LogP contribution is 2.68. The molecular weight excluding hydrogens is 464 g/mol. The van der Waals surface area contributed by atoms with Crippen molar-refractivity contribution in [1.82, 2.24) is 0 Å². The zero-order chi connectivity index (χ0) is 27.3. The normalized spacial score (nSPS) is 39.3. The van der Waals surface area contributed by atoms with Gasteiger partial charge in [0.05, 0.1) is 0 Å². The lowest BCUT2D eigenvalue weighted by Gasteiger charge is -2.62. The molecule has 0 spiro atoms. The molecule has 0 aromatic carbocycles. The number of hydrogen-bond acceptors (Lipinski definition) is 2. The van der Waals surface area contributed by atoms with Crippen LogP contribution in [0.15, 0.2) is 0 Å². The summed E-state index contributed by atoms with van der Waals surface area (Å²) in [5.74, 6) is 6.03. The molecule has 0 radical (unpaired) electrons. The molecule has 4 aliphatic rings. The highest BCUT2D eigenvalue weighted by molar-refractivity contribution is 5.69. The van der Waals surface area contributed by atoms with Gasteiger partial charge in [-0.15, -0.1) is 0 Å². The van der Waals surface area contributed by atoms with E-state index in [2.05, 4.69) is 41.5 Å². The Bertz CT molecular complexity index is 744. The minimum atomic E-state index is 0.103. The number of rotatable bonds is 13. The van der Waals surface area contributed by atoms with Crippen molar-refractivity contribution >= 4 is 5.97 Å². The average Bonchev–Trinajstić information content (AvgIpc) is 3.23. The number of ether oxygens (including phenoxy) is 1. The van der Waals surface area contributed by atoms with E-state index in [1.54, 1.807) is 0 Å². The second-order valence-corrected chi connectivity index (χ2v) is 15.5. The van der Waals surface area contributed by atoms with Crippen molar-refractivity contribution in [3.05, 3.63) is 0 Å². The van der Waals surface area contributed by atoms with Gasteiger partial charge in [0.2, 0.25) is 0 Å². The molecule has 4 fully saturated rings. The Labute approximate surface area is 237 Å². The first kappa shape index (κ1) is 30.4. The van der Waals surface area contributed by atoms with Crippen molar-refractivity contribution in [2.45, 2.75) is 170 Å². The van der Waals surface area contributed by atoms with E-state index in [4.69, 9.17) is 4.74 Å². The molecule has 9 atom stereocenters. The largest absolute Gasteiger partial charge is 0.462 e. The summed E-state index contributed by atoms with van der Waals surface area (Å²) in [4.78, 5) is 13.0. The van der Waals surface area contributed by atoms with Crippen LogP contribution in [-0.4, -0.2) is 12.1 Å². The maximum Gasteiger partial charge on any atom is 0.306 e. The van der Waals surface area contributed by atoms with Crippen LogP contribution in [0.3, 0.4) is 0 Å². The molecule has 0 aliphatic heterocycles. The molecule has 0 aromatic heterocycles. The summed E-state index contributed by atoms with van der Waals surface area (Å²) in [5, 5.41) is 0. The van der Waals surface area contributed by atoms with Gasteiger partial charge in [-0.3, -0.25) is 4.79 Å². The summed E-state index contributed by atoms with van der Waals surface area (Å²) in [6.45, 7) is 14.9. The second-order valence-electron chi connectivity index (χ2n) is 15.5. The molecule has 0 amide bonds. The molecule has 2 unspecified atom stereocenters. The van der Waals surface area contributed by atoms with Crippen LogP contribution in [0.25, 0.3) is 0 Å². The second kappa shape index (κ2) is 13.4. The third-order valence-electron chi connectivity index (χ3n) is 12.9. The van der Waals surface area contributed by atoms with E-state index in [-0.39, 0.29) is 17.5 Å². The van der Waals surface area contributed by atoms with Crippen molar-refractivity contribution < 1.29 is 9.53 Å². The van der Waals surface area contributed by atoms with Crippen LogP contribution in [0.4, 0.5) is 0 Å². The van der Waals surface area contributed by atoms with E-state index in [0.717, 1.165) is 54.3 Å². The molecular formula is C36H64O2. The Balaban J connectivity index is 1.39. The molecule has 4 rings (SSSR count). The third-order valence-corrected chi connectivity index (χ3v) is 12.9. The summed E-state index contributed by atoms with van der Waals surface area (Å²) in [7, 11) is 0. The first-order chi connectivity index (χ1) is 18.2. The van der Waals surface area contributed by atoms with Gasteiger partial charge in [-0.2, -0.15) is 0 Å². The van der Waals surface area contributed by atoms with E-state index in [1.807, 2.05) is 0 Å². The van der Waals surface area contributed by atoms with Crippen molar-refractivity contribution in [2.75, 3.05) is 0 Å². The number of fused-ring (bicyclic) bond motifs is 5. The number of hydrogen-bond donors (Lipinski definition) is 0. The van der Waals surface area contributed by atoms with Crippen LogP contribution >= 0.6 is 0 Å². The van der Waals surface area contributed by atoms with Gasteiger partial charge in [0.1, 0.15) is 6.10 Å². The van der Waals surface area contributed by atoms with Gasteiger partial charge in [-0.1, -0.05) is 92.9 Å². The number of carbonyl (C=O) groups is 1. The van der Waals surface area contributed by atoms with Crippen LogP contribution in [-0.2, 0) is 9.53 Å². The topological polar surface area (TPSA) is 26.3 Å². The molecule has 2 nitrogen and oxygen atoms in total. The van der Waals surface area contributed by atoms with E-state index >= 15 is 0 Å². The molecule has 38 heavy (non-hydrogen) atoms. The van der Waals surface area contributed by atoms with Crippen LogP contribution in [0, 0.1) is 52.3 Å². The maximum atomic E-state index is 13.0. The Hall–Kier alpha value is -0.530. The standard InChI is InChI=1S/C36H64O2/c1-7-8-9-10-11-12-19-34(37)38-33-18-14-17-28-20-21-29-31-23-22-30(27(4)16-13-15-26(2)3)35(31,5)25-24-32(29)36(28,33)6/h26-33H,7-25H2,1-6H3/t27-,28?,29+,30-,31+,32+,33?,35-,36+/m1/s1. The zero-order valence-electron chi connectivity index (χ0n) is 26.4. The monoisotopic (exact) mass is 528 g/mol. The van der Waals surface area contributed by atoms with E-state index in [0.29, 0.717) is 11.8 Å². The third kappa shape index (κ3) is 6.35. The van der Waals surface area contributed by atoms with Crippen LogP contribution in [0.2, 0.25) is 0 Å². The lowest BCUT2D eigenvalue weighted by molar-refractivity contribution is -0.192. The smallest absolute Gasteiger partial charge is 0.306 e. The Morgan fingerprint density at radius 1 is 0.816 bits per heavy atom. The van der Waals surface area contributed by atoms with Crippen molar-refractivity contribution in [2.24, 2.45) is 52.3 Å². The molecule has 2 heteroatoms. The van der Waals surface area contributed by atoms with Gasteiger partial charge in [-0.25, -0.2) is 0 Å². The maximum absolute atomic E-state index is 13.0. The number of carbonyl (C=O) groups excluding carboxylic acids is 1. The lowest BCUT2D eigenvalue weighted by atomic mass is 9.44. The quantitative estimate of drug-likeness (QED) is 0.175. The average molecular weight is 529 g/mol. The number of esters is 1. The van der Waals surface area contributed by atoms with E-state index < -0.39 is 0 Å². The molecule has 0 aromatic rings. The van der Waals surface area contributed by atoms with E-state index in [1.165, 1.54) is 103 Å². The molecule has 0 heterocycles. The van der Waals surface area contributed by atoms with Crippen molar-refractivity contribution in [3.63, 3.8) is 0 Å². The first-order valence-electron chi connectivity index (χ1n) is 17.4. The van der Waals surface area contributed by atoms with Gasteiger partial charge in [0, 0.05) is 11.8 Å². The van der Waals surface area contributed by atoms with Gasteiger partial charge in [0.25, 0.3) is 0 Å². The predicted octanol–water partition coefficient (Wildman–Crippen LogP) is 10.8. The predicted molar refractivity (Wildman–Crippen MR) is 161 cm³/mol. The van der Waals surface area contributed by atoms with Crippen LogP contribution in [0.5, 0.6) is 0 Å². The fourth-order valence-corrected chi connectivity index (χ4v) is 10.8. The molecule has 0 saturated heterocycles. The summed E-state index contributed by atoms with van der Waals surface area (Å²) in [6.07, 6.45) is 24.7. The Kier molecular flexibility index (Phi) is 10.7. The highest BCUT2D eigenvalue weighted by Gasteiger charge is 2.62. The van der Waals surface area contributed by atoms with Gasteiger partial charge >= 0.3 is 5.97 Å². The molecule has 220 valence electrons. The minimum absolute atomic E-state index is 0.103. The zero-order valence-corrected chi connectivity index (χ0v) is 26.4. The number of unbranched alkanes of at least 4 members (excludes halogenated alkanes) is 5. The van der Waals surface area contributed by atoms with Crippen LogP contribution < -0.4 is 0 Å². The molecule has 4 aliphatic carbocycles. The summed E-state index contributed by atoms with van der Waals surface area (Å²) < 4.78 is 6.46. The summed E-state index contributed by atoms with van der Waals surface area (Å²) >= 11 is 0. The Morgan fingerprint density at radius 3 is 2.34 bits per heavy atom. The fraction of sp³-hybridized carbons (Fsp3) is 0.972. The summed E-state index contributed by atoms with van der Waals surface area (Å²) in [6, 6.07) is 0. The first-order valence-corrected chi connectivity index (χ1v) is 17.4. The van der Waals surface area contributed by atoms with Crippen molar-refractivity contribution in [1.29, 1.82) is 0 Å². The molecule has 4 saturated carbocycles. The van der Waals surface area contributed by atoms with Crippen molar-refractivity contribution in [3.8, 4) is 0 Å². The van der Waals surface area contributed by atoms with Crippen LogP contribution in [0.1, 0.15) is 164 Å². The molecule has 0 N–H and O–H groups in total. The summed E-state index contributed by atoms with van der Waals surface area (Å²) in [5.41, 5.74) is 0.750. The SMILES string of the molecule is CCCCCCCCC(=O)OC1CCCC2CC[C@@H]3[C@H](CC[C@]4(C)[C@@H]([C@H](C)CCCC(C)C)CC[C@@H]34)[C@]21C. The highest BCUT2D eigenvalue weighted by atomic mass is 16.5. The van der Waals surface area contributed by atoms with Gasteiger partial charge in [0.15, 0.2) is 0 Å². The van der Waals surface area contributed by atoms with E-state index in [9.17, 15) is 4.79 Å². The van der Waals surface area contributed by atoms with Gasteiger partial charge < -0.3 is 4.74 Å². The molecule has 0 bridgehead atoms. The lowest BCUT2D eigenvalue weighted by Crippen LogP contribution is -2.58. The fourth-order valence-electron chi connectivity index (χ4n) is 10.8. The van der Waals surface area contributed by atoms with Gasteiger partial charge in [-0.05, 0) is 111 Å². The Morgan fingerprint density at radius 2 is 1.58 bits per heavy atom. The minimum Gasteiger partial charge on any atom is -0.462 e.